The van der Waals surface area contributed by atoms with Crippen LogP contribution in [0.1, 0.15) is 11.1 Å². The normalized spacial score (nSPS) is 11.7. The van der Waals surface area contributed by atoms with Gasteiger partial charge in [-0.2, -0.15) is 0 Å². The standard InChI is InChI=1S/C28H20N2O3/c1-14-9-23-24(10-15(14)2)30-28-22-12-18(32)6-7-19(22)21(13-25(28)29-23)27-20-11-17(31)5-3-16(20)4-8-26(27)33/h3-13,29,31,33H,1-2H3. The first-order valence-electron chi connectivity index (χ1n) is 10.7. The Morgan fingerprint density at radius 3 is 2.39 bits per heavy atom. The molecule has 0 atom stereocenters. The van der Waals surface area contributed by atoms with E-state index < -0.39 is 0 Å². The fourth-order valence-electron chi connectivity index (χ4n) is 4.65. The van der Waals surface area contributed by atoms with Gasteiger partial charge in [0.15, 0.2) is 5.43 Å². The summed E-state index contributed by atoms with van der Waals surface area (Å²) in [5.41, 5.74) is 6.74. The maximum absolute atomic E-state index is 12.3. The molecule has 3 N–H and O–H groups in total. The summed E-state index contributed by atoms with van der Waals surface area (Å²) < 4.78 is 0. The molecule has 0 amide bonds. The number of hydrogen-bond acceptors (Lipinski definition) is 4. The number of phenols is 2. The molecule has 0 saturated heterocycles. The Morgan fingerprint density at radius 2 is 1.55 bits per heavy atom. The number of H-pyrrole nitrogens is 1. The minimum Gasteiger partial charge on any atom is -0.508 e. The Morgan fingerprint density at radius 1 is 0.758 bits per heavy atom. The van der Waals surface area contributed by atoms with Gasteiger partial charge in [0, 0.05) is 10.9 Å². The summed E-state index contributed by atoms with van der Waals surface area (Å²) in [6.45, 7) is 4.11. The number of aromatic amines is 1. The van der Waals surface area contributed by atoms with Crippen molar-refractivity contribution in [3.05, 3.63) is 88.1 Å². The Bertz CT molecular complexity index is 1830. The van der Waals surface area contributed by atoms with Crippen molar-refractivity contribution >= 4 is 43.6 Å². The van der Waals surface area contributed by atoms with Crippen molar-refractivity contribution in [2.24, 2.45) is 0 Å². The fourth-order valence-corrected chi connectivity index (χ4v) is 4.65. The zero-order valence-corrected chi connectivity index (χ0v) is 18.1. The lowest BCUT2D eigenvalue weighted by Crippen LogP contribution is -1.99. The van der Waals surface area contributed by atoms with Gasteiger partial charge in [-0.15, -0.1) is 0 Å². The van der Waals surface area contributed by atoms with Gasteiger partial charge in [0.1, 0.15) is 11.5 Å². The highest BCUT2D eigenvalue weighted by Gasteiger charge is 2.17. The Kier molecular flexibility index (Phi) is 3.98. The van der Waals surface area contributed by atoms with Crippen molar-refractivity contribution < 1.29 is 10.2 Å². The van der Waals surface area contributed by atoms with Crippen molar-refractivity contribution in [2.75, 3.05) is 0 Å². The molecule has 0 unspecified atom stereocenters. The minimum absolute atomic E-state index is 0.0974. The molecule has 6 rings (SSSR count). The van der Waals surface area contributed by atoms with Gasteiger partial charge in [0.25, 0.3) is 0 Å². The third kappa shape index (κ3) is 2.93. The third-order valence-corrected chi connectivity index (χ3v) is 6.45. The Labute approximate surface area is 188 Å². The molecule has 0 aliphatic heterocycles. The quantitative estimate of drug-likeness (QED) is 0.217. The third-order valence-electron chi connectivity index (χ3n) is 6.45. The van der Waals surface area contributed by atoms with Gasteiger partial charge in [-0.1, -0.05) is 12.1 Å². The first-order chi connectivity index (χ1) is 15.9. The maximum Gasteiger partial charge on any atom is 0.179 e. The number of aryl methyl sites for hydroxylation is 2. The molecular weight excluding hydrogens is 412 g/mol. The Balaban J connectivity index is 1.82. The SMILES string of the molecule is Cc1cc2nc3c(cc(-c4c(O)ccc5ccc(O)cc45)c4ccc(=O)cc43)[nH]c2cc1C. The summed E-state index contributed by atoms with van der Waals surface area (Å²) in [7, 11) is 0. The van der Waals surface area contributed by atoms with Crippen LogP contribution in [0, 0.1) is 13.8 Å². The Hall–Kier alpha value is -4.38. The van der Waals surface area contributed by atoms with Crippen LogP contribution >= 0.6 is 0 Å². The van der Waals surface area contributed by atoms with Crippen LogP contribution in [0.15, 0.2) is 71.5 Å². The molecule has 33 heavy (non-hydrogen) atoms. The average Bonchev–Trinajstić information content (AvgIpc) is 2.78. The number of rotatable bonds is 1. The molecule has 5 heteroatoms. The fraction of sp³-hybridized carbons (Fsp3) is 0.0714. The number of fused-ring (bicyclic) bond motifs is 5. The number of hydrogen-bond donors (Lipinski definition) is 3. The number of phenolic OH excluding ortho intramolecular Hbond substituents is 2. The van der Waals surface area contributed by atoms with E-state index in [4.69, 9.17) is 4.98 Å². The average molecular weight is 432 g/mol. The van der Waals surface area contributed by atoms with Crippen LogP contribution in [0.2, 0.25) is 0 Å². The summed E-state index contributed by atoms with van der Waals surface area (Å²) in [6, 6.07) is 19.5. The van der Waals surface area contributed by atoms with Crippen LogP contribution < -0.4 is 5.43 Å². The number of benzene rings is 5. The number of nitrogens with zero attached hydrogens (tertiary/aromatic N) is 1. The predicted molar refractivity (Wildman–Crippen MR) is 133 cm³/mol. The summed E-state index contributed by atoms with van der Waals surface area (Å²) in [4.78, 5) is 20.7. The highest BCUT2D eigenvalue weighted by molar-refractivity contribution is 6.16. The van der Waals surface area contributed by atoms with Crippen LogP contribution in [0.5, 0.6) is 11.5 Å². The van der Waals surface area contributed by atoms with Gasteiger partial charge >= 0.3 is 0 Å². The summed E-state index contributed by atoms with van der Waals surface area (Å²) in [5.74, 6) is 0.214. The largest absolute Gasteiger partial charge is 0.508 e. The molecule has 0 radical (unpaired) electrons. The van der Waals surface area contributed by atoms with E-state index in [0.29, 0.717) is 16.5 Å². The topological polar surface area (TPSA) is 86.2 Å². The molecule has 5 aromatic carbocycles. The molecule has 160 valence electrons. The second-order valence-electron chi connectivity index (χ2n) is 8.58. The van der Waals surface area contributed by atoms with Gasteiger partial charge in [0.05, 0.1) is 22.1 Å². The summed E-state index contributed by atoms with van der Waals surface area (Å²) in [6.07, 6.45) is 0. The van der Waals surface area contributed by atoms with Gasteiger partial charge in [-0.3, -0.25) is 4.79 Å². The lowest BCUT2D eigenvalue weighted by Gasteiger charge is -2.15. The number of aromatic hydroxyl groups is 2. The number of aromatic nitrogens is 2. The lowest BCUT2D eigenvalue weighted by atomic mass is 9.92. The molecule has 1 aromatic heterocycles. The molecular formula is C28H20N2O3. The summed E-state index contributed by atoms with van der Waals surface area (Å²) >= 11 is 0. The predicted octanol–water partition coefficient (Wildman–Crippen LogP) is 6.08. The van der Waals surface area contributed by atoms with Crippen LogP contribution in [-0.2, 0) is 0 Å². The van der Waals surface area contributed by atoms with E-state index in [1.807, 2.05) is 24.3 Å². The maximum atomic E-state index is 12.3. The zero-order valence-electron chi connectivity index (χ0n) is 18.1. The molecule has 0 bridgehead atoms. The summed E-state index contributed by atoms with van der Waals surface area (Å²) in [5, 5.41) is 24.2. The van der Waals surface area contributed by atoms with E-state index in [1.165, 1.54) is 6.07 Å². The highest BCUT2D eigenvalue weighted by atomic mass is 16.3. The second-order valence-corrected chi connectivity index (χ2v) is 8.58. The van der Waals surface area contributed by atoms with Crippen LogP contribution in [-0.4, -0.2) is 20.2 Å². The van der Waals surface area contributed by atoms with E-state index in [-0.39, 0.29) is 16.9 Å². The molecule has 0 aliphatic rings. The monoisotopic (exact) mass is 432 g/mol. The van der Waals surface area contributed by atoms with Crippen molar-refractivity contribution in [1.29, 1.82) is 0 Å². The van der Waals surface area contributed by atoms with E-state index in [0.717, 1.165) is 49.4 Å². The van der Waals surface area contributed by atoms with Crippen LogP contribution in [0.25, 0.3) is 54.7 Å². The van der Waals surface area contributed by atoms with Gasteiger partial charge in [0.2, 0.25) is 0 Å². The first kappa shape index (κ1) is 19.3. The van der Waals surface area contributed by atoms with Crippen molar-refractivity contribution in [2.45, 2.75) is 13.8 Å². The first-order valence-corrected chi connectivity index (χ1v) is 10.7. The molecule has 0 spiro atoms. The molecule has 5 nitrogen and oxygen atoms in total. The molecule has 1 heterocycles. The van der Waals surface area contributed by atoms with E-state index in [9.17, 15) is 15.0 Å². The van der Waals surface area contributed by atoms with E-state index >= 15 is 0 Å². The lowest BCUT2D eigenvalue weighted by molar-refractivity contribution is 0.475. The van der Waals surface area contributed by atoms with Gasteiger partial charge in [-0.25, -0.2) is 4.98 Å². The molecule has 0 saturated carbocycles. The van der Waals surface area contributed by atoms with E-state index in [1.54, 1.807) is 30.3 Å². The molecule has 0 fully saturated rings. The number of nitrogens with one attached hydrogen (secondary N) is 1. The van der Waals surface area contributed by atoms with Crippen LogP contribution in [0.3, 0.4) is 0 Å². The van der Waals surface area contributed by atoms with E-state index in [2.05, 4.69) is 24.9 Å². The minimum atomic E-state index is -0.109. The van der Waals surface area contributed by atoms with Crippen LogP contribution in [0.4, 0.5) is 0 Å². The van der Waals surface area contributed by atoms with Gasteiger partial charge in [-0.05, 0) is 101 Å². The van der Waals surface area contributed by atoms with Gasteiger partial charge < -0.3 is 15.2 Å². The molecule has 6 aromatic rings. The van der Waals surface area contributed by atoms with Crippen molar-refractivity contribution in [3.63, 3.8) is 0 Å². The highest BCUT2D eigenvalue weighted by Crippen LogP contribution is 2.42. The van der Waals surface area contributed by atoms with Crippen molar-refractivity contribution in [1.82, 2.24) is 9.97 Å². The zero-order chi connectivity index (χ0) is 22.9. The smallest absolute Gasteiger partial charge is 0.179 e. The second kappa shape index (κ2) is 6.81. The molecule has 0 aliphatic carbocycles. The van der Waals surface area contributed by atoms with Crippen molar-refractivity contribution in [3.8, 4) is 22.6 Å².